The van der Waals surface area contributed by atoms with E-state index in [2.05, 4.69) is 6.58 Å². The zero-order valence-electron chi connectivity index (χ0n) is 14.1. The van der Waals surface area contributed by atoms with E-state index in [-0.39, 0.29) is 5.92 Å². The first-order valence-electron chi connectivity index (χ1n) is 8.86. The minimum absolute atomic E-state index is 0.180. The van der Waals surface area contributed by atoms with E-state index in [4.69, 9.17) is 4.74 Å². The molecule has 25 heavy (non-hydrogen) atoms. The molecule has 0 radical (unpaired) electrons. The van der Waals surface area contributed by atoms with Gasteiger partial charge in [0.1, 0.15) is 11.0 Å². The fourth-order valence-electron chi connectivity index (χ4n) is 7.13. The largest absolute Gasteiger partial charge is 0.481 e. The summed E-state index contributed by atoms with van der Waals surface area (Å²) in [5.41, 5.74) is -3.29. The van der Waals surface area contributed by atoms with Crippen molar-refractivity contribution in [2.75, 3.05) is 0 Å². The third kappa shape index (κ3) is 1.36. The lowest BCUT2D eigenvalue weighted by atomic mass is 9.61. The lowest BCUT2D eigenvalue weighted by molar-refractivity contribution is -0.163. The summed E-state index contributed by atoms with van der Waals surface area (Å²) in [5, 5.41) is 31.6. The molecule has 0 amide bonds. The number of aliphatic hydroxyl groups excluding tert-OH is 1. The van der Waals surface area contributed by atoms with Crippen molar-refractivity contribution >= 4 is 11.9 Å². The molecule has 4 fully saturated rings. The average Bonchev–Trinajstić information content (AvgIpc) is 2.95. The number of esters is 1. The van der Waals surface area contributed by atoms with Gasteiger partial charge in [0.2, 0.25) is 0 Å². The van der Waals surface area contributed by atoms with Gasteiger partial charge in [-0.1, -0.05) is 12.7 Å². The molecular weight excluding hydrogens is 324 g/mol. The SMILES string of the molecule is C=C1CC23C[C@@]1(O)CCC2[C@@]12C=CC(O)[C@@](C)(C(=O)O1)C2C3C(=O)O. The van der Waals surface area contributed by atoms with Crippen LogP contribution in [-0.4, -0.2) is 44.6 Å². The van der Waals surface area contributed by atoms with Gasteiger partial charge < -0.3 is 20.1 Å². The number of aliphatic hydroxyl groups is 2. The lowest BCUT2D eigenvalue weighted by Gasteiger charge is -2.44. The molecule has 0 aromatic carbocycles. The Kier molecular flexibility index (Phi) is 2.50. The van der Waals surface area contributed by atoms with Gasteiger partial charge in [0, 0.05) is 11.8 Å². The van der Waals surface area contributed by atoms with Gasteiger partial charge in [0.25, 0.3) is 0 Å². The molecule has 4 aliphatic carbocycles. The van der Waals surface area contributed by atoms with E-state index >= 15 is 0 Å². The zero-order chi connectivity index (χ0) is 18.0. The number of hydrogen-bond acceptors (Lipinski definition) is 5. The number of ether oxygens (including phenoxy) is 1. The number of rotatable bonds is 1. The van der Waals surface area contributed by atoms with Gasteiger partial charge in [-0.3, -0.25) is 9.59 Å². The summed E-state index contributed by atoms with van der Waals surface area (Å²) < 4.78 is 5.87. The van der Waals surface area contributed by atoms with Crippen LogP contribution in [0.5, 0.6) is 0 Å². The molecule has 5 aliphatic rings. The van der Waals surface area contributed by atoms with Crippen LogP contribution in [0.1, 0.15) is 32.6 Å². The van der Waals surface area contributed by atoms with E-state index in [9.17, 15) is 24.9 Å². The molecule has 5 unspecified atom stereocenters. The Balaban J connectivity index is 1.78. The van der Waals surface area contributed by atoms with Crippen LogP contribution in [0.25, 0.3) is 0 Å². The Morgan fingerprint density at radius 1 is 1.44 bits per heavy atom. The number of hydrogen-bond donors (Lipinski definition) is 3. The van der Waals surface area contributed by atoms with Gasteiger partial charge in [-0.15, -0.1) is 0 Å². The van der Waals surface area contributed by atoms with Gasteiger partial charge in [-0.2, -0.15) is 0 Å². The van der Waals surface area contributed by atoms with Gasteiger partial charge in [-0.25, -0.2) is 0 Å². The summed E-state index contributed by atoms with van der Waals surface area (Å²) in [4.78, 5) is 25.1. The molecule has 6 nitrogen and oxygen atoms in total. The smallest absolute Gasteiger partial charge is 0.316 e. The van der Waals surface area contributed by atoms with Gasteiger partial charge in [0.05, 0.1) is 17.6 Å². The average molecular weight is 346 g/mol. The van der Waals surface area contributed by atoms with E-state index in [1.54, 1.807) is 19.1 Å². The number of carboxylic acid groups (broad SMARTS) is 1. The van der Waals surface area contributed by atoms with Crippen LogP contribution < -0.4 is 0 Å². The first kappa shape index (κ1) is 15.6. The van der Waals surface area contributed by atoms with Crippen molar-refractivity contribution in [2.24, 2.45) is 28.6 Å². The maximum atomic E-state index is 12.7. The van der Waals surface area contributed by atoms with Gasteiger partial charge in [0.15, 0.2) is 0 Å². The number of carbonyl (C=O) groups is 2. The van der Waals surface area contributed by atoms with Crippen LogP contribution in [0.2, 0.25) is 0 Å². The second-order valence-electron chi connectivity index (χ2n) is 8.94. The van der Waals surface area contributed by atoms with Gasteiger partial charge in [-0.05, 0) is 49.7 Å². The van der Waals surface area contributed by atoms with E-state index in [0.717, 1.165) is 0 Å². The van der Waals surface area contributed by atoms with Crippen molar-refractivity contribution in [3.63, 3.8) is 0 Å². The van der Waals surface area contributed by atoms with Crippen LogP contribution in [0.3, 0.4) is 0 Å². The molecule has 1 spiro atoms. The first-order valence-corrected chi connectivity index (χ1v) is 8.86. The van der Waals surface area contributed by atoms with E-state index < -0.39 is 51.9 Å². The lowest BCUT2D eigenvalue weighted by Crippen LogP contribution is -2.50. The second-order valence-corrected chi connectivity index (χ2v) is 8.94. The molecule has 5 rings (SSSR count). The standard InChI is InChI=1S/C19H22O6/c1-9-7-17-8-18(9,24)5-3-10(17)19-6-4-11(20)16(2,15(23)25-19)13(19)12(17)14(21)22/h4,6,10-13,20,24H,1,3,5,7-8H2,2H3,(H,21,22)/t10?,11?,12?,13?,16-,17?,18+,19-/m1/s1. The topological polar surface area (TPSA) is 104 Å². The molecule has 4 bridgehead atoms. The molecule has 3 saturated carbocycles. The summed E-state index contributed by atoms with van der Waals surface area (Å²) in [6.07, 6.45) is 4.11. The molecule has 8 atom stereocenters. The minimum Gasteiger partial charge on any atom is -0.481 e. The number of carbonyl (C=O) groups excluding carboxylic acids is 1. The summed E-state index contributed by atoms with van der Waals surface area (Å²) in [7, 11) is 0. The van der Waals surface area contributed by atoms with Crippen LogP contribution in [0.15, 0.2) is 24.3 Å². The van der Waals surface area contributed by atoms with Crippen LogP contribution in [0.4, 0.5) is 0 Å². The van der Waals surface area contributed by atoms with Crippen molar-refractivity contribution < 1.29 is 29.6 Å². The van der Waals surface area contributed by atoms with E-state index in [1.165, 1.54) is 0 Å². The molecule has 1 aliphatic heterocycles. The maximum absolute atomic E-state index is 12.7. The molecule has 0 aromatic rings. The third-order valence-corrected chi connectivity index (χ3v) is 8.12. The Bertz CT molecular complexity index is 772. The summed E-state index contributed by atoms with van der Waals surface area (Å²) >= 11 is 0. The fraction of sp³-hybridized carbons (Fsp3) is 0.684. The highest BCUT2D eigenvalue weighted by atomic mass is 16.6. The van der Waals surface area contributed by atoms with Crippen molar-refractivity contribution in [2.45, 2.75) is 49.9 Å². The van der Waals surface area contributed by atoms with Gasteiger partial charge >= 0.3 is 11.9 Å². The third-order valence-electron chi connectivity index (χ3n) is 8.12. The van der Waals surface area contributed by atoms with Crippen molar-refractivity contribution in [3.8, 4) is 0 Å². The Hall–Kier alpha value is -1.66. The molecule has 134 valence electrons. The van der Waals surface area contributed by atoms with Crippen molar-refractivity contribution in [3.05, 3.63) is 24.3 Å². The number of fused-ring (bicyclic) bond motifs is 1. The first-order chi connectivity index (χ1) is 11.6. The summed E-state index contributed by atoms with van der Waals surface area (Å²) in [5.74, 6) is -3.18. The summed E-state index contributed by atoms with van der Waals surface area (Å²) in [6, 6.07) is 0. The Morgan fingerprint density at radius 3 is 2.84 bits per heavy atom. The Morgan fingerprint density at radius 2 is 2.16 bits per heavy atom. The van der Waals surface area contributed by atoms with Crippen LogP contribution in [0, 0.1) is 28.6 Å². The monoisotopic (exact) mass is 346 g/mol. The molecule has 1 heterocycles. The zero-order valence-corrected chi connectivity index (χ0v) is 14.1. The predicted octanol–water partition coefficient (Wildman–Crippen LogP) is 1.03. The van der Waals surface area contributed by atoms with E-state index in [0.29, 0.717) is 31.3 Å². The fourth-order valence-corrected chi connectivity index (χ4v) is 7.13. The molecule has 6 heteroatoms. The highest BCUT2D eigenvalue weighted by molar-refractivity contribution is 5.86. The molecule has 3 N–H and O–H groups in total. The highest BCUT2D eigenvalue weighted by Crippen LogP contribution is 2.77. The summed E-state index contributed by atoms with van der Waals surface area (Å²) in [6.45, 7) is 5.64. The van der Waals surface area contributed by atoms with Crippen molar-refractivity contribution in [1.82, 2.24) is 0 Å². The Labute approximate surface area is 145 Å². The van der Waals surface area contributed by atoms with Crippen LogP contribution >= 0.6 is 0 Å². The molecule has 1 saturated heterocycles. The maximum Gasteiger partial charge on any atom is 0.316 e. The predicted molar refractivity (Wildman–Crippen MR) is 85.2 cm³/mol. The highest BCUT2D eigenvalue weighted by Gasteiger charge is 2.83. The van der Waals surface area contributed by atoms with Crippen LogP contribution in [-0.2, 0) is 14.3 Å². The number of aliphatic carboxylic acids is 1. The normalized spacial score (nSPS) is 58.0. The van der Waals surface area contributed by atoms with E-state index in [1.807, 2.05) is 0 Å². The molecular formula is C19H22O6. The number of carboxylic acids is 1. The second kappa shape index (κ2) is 4.01. The molecule has 0 aromatic heterocycles. The quantitative estimate of drug-likeness (QED) is 0.484. The minimum atomic E-state index is -1.27. The van der Waals surface area contributed by atoms with Crippen molar-refractivity contribution in [1.29, 1.82) is 0 Å².